The van der Waals surface area contributed by atoms with Crippen LogP contribution >= 0.6 is 11.6 Å². The van der Waals surface area contributed by atoms with Crippen molar-refractivity contribution >= 4 is 11.6 Å². The molecule has 0 spiro atoms. The van der Waals surface area contributed by atoms with Crippen LogP contribution in [0.4, 0.5) is 0 Å². The molecule has 1 nitrogen and oxygen atoms in total. The van der Waals surface area contributed by atoms with Gasteiger partial charge in [-0.3, -0.25) is 0 Å². The minimum Gasteiger partial charge on any atom is -0.324 e. The first-order chi connectivity index (χ1) is 6.50. The van der Waals surface area contributed by atoms with Crippen LogP contribution < -0.4 is 5.73 Å². The second kappa shape index (κ2) is 4.63. The lowest BCUT2D eigenvalue weighted by Crippen LogP contribution is -2.10. The van der Waals surface area contributed by atoms with Crippen molar-refractivity contribution in [2.45, 2.75) is 26.3 Å². The van der Waals surface area contributed by atoms with E-state index in [0.29, 0.717) is 0 Å². The van der Waals surface area contributed by atoms with Gasteiger partial charge in [0.1, 0.15) is 0 Å². The zero-order valence-corrected chi connectivity index (χ0v) is 9.43. The molecule has 0 amide bonds. The molecular formula is C12H16ClN. The third-order valence-corrected chi connectivity index (χ3v) is 2.60. The molecule has 2 heteroatoms. The van der Waals surface area contributed by atoms with Crippen LogP contribution in [0, 0.1) is 6.92 Å². The van der Waals surface area contributed by atoms with Crippen molar-refractivity contribution in [1.29, 1.82) is 0 Å². The molecule has 1 atom stereocenters. The summed E-state index contributed by atoms with van der Waals surface area (Å²) < 4.78 is 0. The smallest absolute Gasteiger partial charge is 0.0435 e. The Labute approximate surface area is 90.6 Å². The Kier molecular flexibility index (Phi) is 3.73. The van der Waals surface area contributed by atoms with Gasteiger partial charge in [-0.15, -0.1) is 6.58 Å². The van der Waals surface area contributed by atoms with Crippen LogP contribution in [-0.2, 0) is 0 Å². The van der Waals surface area contributed by atoms with Crippen LogP contribution in [0.3, 0.4) is 0 Å². The molecule has 1 aromatic carbocycles. The minimum atomic E-state index is 0.0310. The van der Waals surface area contributed by atoms with Gasteiger partial charge in [0.25, 0.3) is 0 Å². The molecular weight excluding hydrogens is 194 g/mol. The van der Waals surface area contributed by atoms with Crippen molar-refractivity contribution < 1.29 is 0 Å². The minimum absolute atomic E-state index is 0.0310. The van der Waals surface area contributed by atoms with Gasteiger partial charge in [-0.25, -0.2) is 0 Å². The molecule has 0 bridgehead atoms. The molecule has 0 aliphatic carbocycles. The lowest BCUT2D eigenvalue weighted by atomic mass is 10.00. The van der Waals surface area contributed by atoms with E-state index in [1.54, 1.807) is 0 Å². The Morgan fingerprint density at radius 1 is 1.57 bits per heavy atom. The average Bonchev–Trinajstić information content (AvgIpc) is 2.08. The Morgan fingerprint density at radius 3 is 2.71 bits per heavy atom. The zero-order chi connectivity index (χ0) is 10.7. The van der Waals surface area contributed by atoms with Crippen molar-refractivity contribution in [3.63, 3.8) is 0 Å². The molecule has 0 saturated heterocycles. The molecule has 1 rings (SSSR count). The molecule has 2 N–H and O–H groups in total. The summed E-state index contributed by atoms with van der Waals surface area (Å²) in [5.41, 5.74) is 9.30. The molecule has 0 fully saturated rings. The zero-order valence-electron chi connectivity index (χ0n) is 8.68. The monoisotopic (exact) mass is 209 g/mol. The maximum absolute atomic E-state index is 6.01. The summed E-state index contributed by atoms with van der Waals surface area (Å²) >= 11 is 5.93. The second-order valence-corrected chi connectivity index (χ2v) is 4.18. The van der Waals surface area contributed by atoms with Crippen LogP contribution in [0.1, 0.15) is 30.5 Å². The van der Waals surface area contributed by atoms with E-state index in [2.05, 4.69) is 6.58 Å². The molecule has 0 aliphatic heterocycles. The van der Waals surface area contributed by atoms with Crippen molar-refractivity contribution in [2.24, 2.45) is 5.73 Å². The number of rotatable bonds is 3. The normalized spacial score (nSPS) is 12.6. The summed E-state index contributed by atoms with van der Waals surface area (Å²) in [5.74, 6) is 0. The van der Waals surface area contributed by atoms with Gasteiger partial charge < -0.3 is 5.73 Å². The second-order valence-electron chi connectivity index (χ2n) is 3.78. The maximum atomic E-state index is 6.01. The number of nitrogens with two attached hydrogens (primary N) is 1. The van der Waals surface area contributed by atoms with E-state index >= 15 is 0 Å². The first-order valence-corrected chi connectivity index (χ1v) is 5.04. The molecule has 0 unspecified atom stereocenters. The van der Waals surface area contributed by atoms with Crippen LogP contribution in [0.2, 0.25) is 5.02 Å². The summed E-state index contributed by atoms with van der Waals surface area (Å²) in [4.78, 5) is 0. The highest BCUT2D eigenvalue weighted by atomic mass is 35.5. The number of aryl methyl sites for hydroxylation is 1. The summed E-state index contributed by atoms with van der Waals surface area (Å²) in [6.07, 6.45) is 0.821. The summed E-state index contributed by atoms with van der Waals surface area (Å²) in [5, 5.41) is 0.788. The molecule has 1 aromatic rings. The quantitative estimate of drug-likeness (QED) is 0.757. The number of hydrogen-bond acceptors (Lipinski definition) is 1. The van der Waals surface area contributed by atoms with Gasteiger partial charge in [-0.2, -0.15) is 0 Å². The standard InChI is InChI=1S/C12H16ClN/c1-8(2)6-12(14)10-4-5-11(13)9(3)7-10/h4-5,7,12H,1,6,14H2,2-3H3/t12-/m1/s1. The maximum Gasteiger partial charge on any atom is 0.0435 e. The van der Waals surface area contributed by atoms with Gasteiger partial charge in [0.15, 0.2) is 0 Å². The third-order valence-electron chi connectivity index (χ3n) is 2.18. The van der Waals surface area contributed by atoms with Gasteiger partial charge >= 0.3 is 0 Å². The van der Waals surface area contributed by atoms with Gasteiger partial charge in [0, 0.05) is 11.1 Å². The summed E-state index contributed by atoms with van der Waals surface area (Å²) in [6.45, 7) is 7.83. The first kappa shape index (κ1) is 11.3. The Hall–Kier alpha value is -0.790. The highest BCUT2D eigenvalue weighted by molar-refractivity contribution is 6.31. The van der Waals surface area contributed by atoms with E-state index in [1.165, 1.54) is 0 Å². The fourth-order valence-corrected chi connectivity index (χ4v) is 1.51. The Bertz CT molecular complexity index is 344. The van der Waals surface area contributed by atoms with Crippen LogP contribution in [-0.4, -0.2) is 0 Å². The molecule has 0 aromatic heterocycles. The van der Waals surface area contributed by atoms with E-state index in [0.717, 1.165) is 28.1 Å². The average molecular weight is 210 g/mol. The largest absolute Gasteiger partial charge is 0.324 e. The van der Waals surface area contributed by atoms with Gasteiger partial charge in [-0.1, -0.05) is 29.3 Å². The number of hydrogen-bond donors (Lipinski definition) is 1. The van der Waals surface area contributed by atoms with Crippen LogP contribution in [0.15, 0.2) is 30.4 Å². The fourth-order valence-electron chi connectivity index (χ4n) is 1.39. The van der Waals surface area contributed by atoms with Crippen molar-refractivity contribution in [1.82, 2.24) is 0 Å². The topological polar surface area (TPSA) is 26.0 Å². The molecule has 76 valence electrons. The molecule has 14 heavy (non-hydrogen) atoms. The van der Waals surface area contributed by atoms with E-state index in [9.17, 15) is 0 Å². The van der Waals surface area contributed by atoms with Crippen LogP contribution in [0.25, 0.3) is 0 Å². The van der Waals surface area contributed by atoms with Gasteiger partial charge in [0.05, 0.1) is 0 Å². The van der Waals surface area contributed by atoms with Crippen molar-refractivity contribution in [3.8, 4) is 0 Å². The summed E-state index contributed by atoms with van der Waals surface area (Å²) in [7, 11) is 0. The molecule has 0 heterocycles. The number of halogens is 1. The number of benzene rings is 1. The van der Waals surface area contributed by atoms with Crippen molar-refractivity contribution in [3.05, 3.63) is 46.5 Å². The van der Waals surface area contributed by atoms with E-state index in [-0.39, 0.29) is 6.04 Å². The Morgan fingerprint density at radius 2 is 2.21 bits per heavy atom. The molecule has 0 saturated carbocycles. The fraction of sp³-hybridized carbons (Fsp3) is 0.333. The predicted octanol–water partition coefficient (Wildman–Crippen LogP) is 3.61. The lowest BCUT2D eigenvalue weighted by molar-refractivity contribution is 0.716. The summed E-state index contributed by atoms with van der Waals surface area (Å²) in [6, 6.07) is 5.94. The third kappa shape index (κ3) is 2.86. The van der Waals surface area contributed by atoms with E-state index in [4.69, 9.17) is 17.3 Å². The molecule has 0 radical (unpaired) electrons. The van der Waals surface area contributed by atoms with E-state index < -0.39 is 0 Å². The predicted molar refractivity (Wildman–Crippen MR) is 62.5 cm³/mol. The van der Waals surface area contributed by atoms with Crippen molar-refractivity contribution in [2.75, 3.05) is 0 Å². The first-order valence-electron chi connectivity index (χ1n) is 4.66. The highest BCUT2D eigenvalue weighted by Gasteiger charge is 2.07. The van der Waals surface area contributed by atoms with Gasteiger partial charge in [0.2, 0.25) is 0 Å². The highest BCUT2D eigenvalue weighted by Crippen LogP contribution is 2.22. The Balaban J connectivity index is 2.85. The van der Waals surface area contributed by atoms with Gasteiger partial charge in [-0.05, 0) is 37.5 Å². The molecule has 0 aliphatic rings. The SMILES string of the molecule is C=C(C)C[C@@H](N)c1ccc(Cl)c(C)c1. The lowest BCUT2D eigenvalue weighted by Gasteiger charge is -2.12. The van der Waals surface area contributed by atoms with E-state index in [1.807, 2.05) is 32.0 Å². The van der Waals surface area contributed by atoms with Crippen LogP contribution in [0.5, 0.6) is 0 Å².